The molecule has 0 spiro atoms. The molecule has 0 aliphatic carbocycles. The summed E-state index contributed by atoms with van der Waals surface area (Å²) in [6, 6.07) is 17.8. The van der Waals surface area contributed by atoms with E-state index in [1.807, 2.05) is 12.1 Å². The molecule has 2 saturated heterocycles. The Morgan fingerprint density at radius 2 is 1.00 bits per heavy atom. The highest BCUT2D eigenvalue weighted by molar-refractivity contribution is 6.22. The first-order chi connectivity index (χ1) is 13.5. The molecule has 0 saturated carbocycles. The summed E-state index contributed by atoms with van der Waals surface area (Å²) in [5, 5.41) is 16.6. The maximum Gasteiger partial charge on any atom is 0.277 e. The van der Waals surface area contributed by atoms with Gasteiger partial charge in [0.15, 0.2) is 0 Å². The lowest BCUT2D eigenvalue weighted by Gasteiger charge is -2.32. The van der Waals surface area contributed by atoms with Gasteiger partial charge in [-0.3, -0.25) is 0 Å². The number of ether oxygens (including phenoxy) is 4. The van der Waals surface area contributed by atoms with E-state index in [1.165, 1.54) is 0 Å². The van der Waals surface area contributed by atoms with E-state index >= 15 is 0 Å². The van der Waals surface area contributed by atoms with Gasteiger partial charge in [0.1, 0.15) is 24.4 Å². The van der Waals surface area contributed by atoms with E-state index in [0.717, 1.165) is 0 Å². The minimum atomic E-state index is -1.72. The zero-order valence-electron chi connectivity index (χ0n) is 14.8. The lowest BCUT2D eigenvalue weighted by atomic mass is 10.0. The van der Waals surface area contributed by atoms with Crippen LogP contribution in [-0.2, 0) is 29.4 Å². The Morgan fingerprint density at radius 1 is 0.643 bits per heavy atom. The van der Waals surface area contributed by atoms with Crippen LogP contribution in [0.15, 0.2) is 60.7 Å². The van der Waals surface area contributed by atoms with Gasteiger partial charge in [0.2, 0.25) is 0 Å². The van der Waals surface area contributed by atoms with Crippen molar-refractivity contribution in [3.05, 3.63) is 71.8 Å². The highest BCUT2D eigenvalue weighted by atomic mass is 35.5. The maximum atomic E-state index is 9.96. The molecule has 2 aromatic carbocycles. The molecule has 2 unspecified atom stereocenters. The van der Waals surface area contributed by atoms with Crippen molar-refractivity contribution in [2.45, 2.75) is 34.9 Å². The van der Waals surface area contributed by atoms with Gasteiger partial charge in [-0.2, -0.15) is 0 Å². The Morgan fingerprint density at radius 3 is 1.36 bits per heavy atom. The molecule has 6 atom stereocenters. The highest BCUT2D eigenvalue weighted by Crippen LogP contribution is 2.48. The number of benzene rings is 2. The summed E-state index contributed by atoms with van der Waals surface area (Å²) in [5.74, 6) is 0. The number of alkyl halides is 2. The van der Waals surface area contributed by atoms with Crippen LogP contribution in [0.25, 0.3) is 0 Å². The number of fused-ring (bicyclic) bond motifs is 1. The van der Waals surface area contributed by atoms with Gasteiger partial charge in [0.25, 0.3) is 10.5 Å². The molecule has 2 aliphatic rings. The summed E-state index contributed by atoms with van der Waals surface area (Å²) < 4.78 is 23.8. The molecule has 2 heterocycles. The van der Waals surface area contributed by atoms with Crippen LogP contribution in [0.4, 0.5) is 0 Å². The molecule has 2 fully saturated rings. The van der Waals surface area contributed by atoms with E-state index in [-0.39, 0.29) is 0 Å². The van der Waals surface area contributed by atoms with Crippen LogP contribution in [0.1, 0.15) is 11.1 Å². The minimum Gasteiger partial charge on any atom is -0.394 e. The fourth-order valence-electron chi connectivity index (χ4n) is 3.47. The molecule has 150 valence electrons. The summed E-state index contributed by atoms with van der Waals surface area (Å²) >= 11 is 13.2. The number of aliphatic hydroxyl groups excluding tert-OH is 2. The molecule has 2 N–H and O–H groups in total. The van der Waals surface area contributed by atoms with Crippen molar-refractivity contribution in [2.24, 2.45) is 0 Å². The van der Waals surface area contributed by atoms with Gasteiger partial charge in [-0.1, -0.05) is 83.9 Å². The first-order valence-electron chi connectivity index (χ1n) is 8.91. The summed E-state index contributed by atoms with van der Waals surface area (Å²) in [6.45, 7) is -0.815. The van der Waals surface area contributed by atoms with Crippen molar-refractivity contribution in [3.8, 4) is 0 Å². The van der Waals surface area contributed by atoms with Crippen LogP contribution in [-0.4, -0.2) is 47.8 Å². The molecule has 28 heavy (non-hydrogen) atoms. The van der Waals surface area contributed by atoms with Gasteiger partial charge < -0.3 is 29.2 Å². The molecular formula is C20H20Cl2O6. The van der Waals surface area contributed by atoms with Crippen molar-refractivity contribution in [1.82, 2.24) is 0 Å². The van der Waals surface area contributed by atoms with Crippen molar-refractivity contribution in [1.29, 1.82) is 0 Å². The second-order valence-electron chi connectivity index (χ2n) is 6.65. The number of rotatable bonds is 4. The zero-order chi connectivity index (χ0) is 19.8. The van der Waals surface area contributed by atoms with E-state index in [9.17, 15) is 10.2 Å². The van der Waals surface area contributed by atoms with Gasteiger partial charge in [-0.05, 0) is 0 Å². The fraction of sp³-hybridized carbons (Fsp3) is 0.400. The smallest absolute Gasteiger partial charge is 0.277 e. The Hall–Kier alpha value is -1.22. The first-order valence-corrected chi connectivity index (χ1v) is 9.66. The average Bonchev–Trinajstić information content (AvgIpc) is 3.05. The van der Waals surface area contributed by atoms with Crippen molar-refractivity contribution < 1.29 is 29.2 Å². The third-order valence-corrected chi connectivity index (χ3v) is 5.63. The van der Waals surface area contributed by atoms with E-state index in [1.54, 1.807) is 48.5 Å². The molecule has 2 aromatic rings. The molecular weight excluding hydrogens is 407 g/mol. The number of aliphatic hydroxyl groups is 2. The molecule has 0 aromatic heterocycles. The van der Waals surface area contributed by atoms with Crippen molar-refractivity contribution >= 4 is 23.2 Å². The molecule has 0 amide bonds. The molecule has 4 rings (SSSR count). The number of hydrogen-bond donors (Lipinski definition) is 2. The fourth-order valence-corrected chi connectivity index (χ4v) is 4.15. The number of hydrogen-bond acceptors (Lipinski definition) is 6. The zero-order valence-corrected chi connectivity index (χ0v) is 16.3. The van der Waals surface area contributed by atoms with Crippen molar-refractivity contribution in [3.63, 3.8) is 0 Å². The molecule has 2 aliphatic heterocycles. The monoisotopic (exact) mass is 426 g/mol. The minimum absolute atomic E-state index is 0.408. The van der Waals surface area contributed by atoms with Gasteiger partial charge >= 0.3 is 0 Å². The van der Waals surface area contributed by atoms with Crippen LogP contribution in [0.5, 0.6) is 0 Å². The van der Waals surface area contributed by atoms with Gasteiger partial charge in [0.05, 0.1) is 13.2 Å². The van der Waals surface area contributed by atoms with E-state index in [2.05, 4.69) is 0 Å². The van der Waals surface area contributed by atoms with Gasteiger partial charge in [-0.15, -0.1) is 0 Å². The molecule has 6 nitrogen and oxygen atoms in total. The highest BCUT2D eigenvalue weighted by Gasteiger charge is 2.58. The molecule has 0 bridgehead atoms. The third-order valence-electron chi connectivity index (χ3n) is 4.83. The van der Waals surface area contributed by atoms with Crippen LogP contribution in [0.3, 0.4) is 0 Å². The summed E-state index contributed by atoms with van der Waals surface area (Å²) in [7, 11) is 0. The van der Waals surface area contributed by atoms with E-state index in [4.69, 9.17) is 42.1 Å². The quantitative estimate of drug-likeness (QED) is 0.731. The average molecular weight is 427 g/mol. The second kappa shape index (κ2) is 7.89. The predicted molar refractivity (Wildman–Crippen MR) is 102 cm³/mol. The lowest BCUT2D eigenvalue weighted by molar-refractivity contribution is -0.256. The second-order valence-corrected chi connectivity index (χ2v) is 7.64. The molecule has 8 heteroatoms. The van der Waals surface area contributed by atoms with Gasteiger partial charge in [-0.25, -0.2) is 0 Å². The van der Waals surface area contributed by atoms with Crippen LogP contribution >= 0.6 is 23.2 Å². The maximum absolute atomic E-state index is 9.96. The Kier molecular flexibility index (Phi) is 5.66. The Bertz CT molecular complexity index is 768. The van der Waals surface area contributed by atoms with E-state index < -0.39 is 48.1 Å². The number of halogens is 2. The lowest BCUT2D eigenvalue weighted by Crippen LogP contribution is -2.43. The normalized spacial score (nSPS) is 38.0. The predicted octanol–water partition coefficient (Wildman–Crippen LogP) is 2.64. The third kappa shape index (κ3) is 3.56. The van der Waals surface area contributed by atoms with Crippen LogP contribution in [0.2, 0.25) is 0 Å². The van der Waals surface area contributed by atoms with Crippen molar-refractivity contribution in [2.75, 3.05) is 13.2 Å². The topological polar surface area (TPSA) is 77.4 Å². The largest absolute Gasteiger partial charge is 0.394 e. The summed E-state index contributed by atoms with van der Waals surface area (Å²) in [4.78, 5) is 0. The van der Waals surface area contributed by atoms with Gasteiger partial charge in [0, 0.05) is 11.1 Å². The van der Waals surface area contributed by atoms with Crippen LogP contribution in [0, 0.1) is 0 Å². The SMILES string of the molecule is OC[C@@H]1OC(Cl)(c2ccccc2)O[C@H](CO)[C@H]2OC(Cl)(c3ccccc3)O[C@@H]21. The standard InChI is InChI=1S/C20H20Cl2O6/c21-19(13-7-3-1-4-8-13)25-15(11-23)17-18(16(12-24)26-19)28-20(22,27-17)14-9-5-2-6-10-14/h1-10,15-18,23-24H,11-12H2/t15-,16+,17-,18-,19?,20?/m1/s1. The first kappa shape index (κ1) is 20.1. The Labute approximate surface area is 172 Å². The summed E-state index contributed by atoms with van der Waals surface area (Å²) in [5.41, 5.74) is 1.10. The molecule has 0 radical (unpaired) electrons. The Balaban J connectivity index is 1.69. The van der Waals surface area contributed by atoms with Crippen LogP contribution < -0.4 is 0 Å². The van der Waals surface area contributed by atoms with E-state index in [0.29, 0.717) is 11.1 Å². The summed E-state index contributed by atoms with van der Waals surface area (Å²) in [6.07, 6.45) is -3.43.